The van der Waals surface area contributed by atoms with Crippen LogP contribution in [0.1, 0.15) is 15.9 Å². The summed E-state index contributed by atoms with van der Waals surface area (Å²) >= 11 is 5.01. The number of amides is 1. The lowest BCUT2D eigenvalue weighted by Gasteiger charge is -2.11. The summed E-state index contributed by atoms with van der Waals surface area (Å²) in [4.78, 5) is 32.9. The normalized spacial score (nSPS) is 9.96. The predicted octanol–water partition coefficient (Wildman–Crippen LogP) is 2.94. The smallest absolute Gasteiger partial charge is 0.282 e. The third-order valence-corrected chi connectivity index (χ3v) is 3.53. The molecule has 2 N–H and O–H groups in total. The Morgan fingerprint density at radius 2 is 1.60 bits per heavy atom. The lowest BCUT2D eigenvalue weighted by Crippen LogP contribution is -2.34. The van der Waals surface area contributed by atoms with Crippen molar-refractivity contribution in [3.8, 4) is 0 Å². The zero-order valence-corrected chi connectivity index (χ0v) is 13.7. The minimum atomic E-state index is -0.757. The minimum Gasteiger partial charge on any atom is -0.332 e. The number of anilines is 1. The van der Waals surface area contributed by atoms with Crippen LogP contribution in [-0.4, -0.2) is 20.9 Å². The number of hydrogen-bond acceptors (Lipinski definition) is 6. The van der Waals surface area contributed by atoms with Crippen LogP contribution in [-0.2, 0) is 0 Å². The molecule has 0 bridgehead atoms. The number of thiocarbonyl (C=S) groups is 1. The van der Waals surface area contributed by atoms with Gasteiger partial charge in [-0.3, -0.25) is 30.3 Å². The van der Waals surface area contributed by atoms with E-state index in [1.807, 2.05) is 0 Å². The zero-order chi connectivity index (χ0) is 18.6. The quantitative estimate of drug-likeness (QED) is 0.487. The number of nitrogens with zero attached hydrogens (tertiary/aromatic N) is 2. The number of nitrogens with one attached hydrogen (secondary N) is 2. The molecule has 0 atom stereocenters. The molecule has 0 heterocycles. The maximum atomic E-state index is 12.2. The molecular formula is C15H12N4O5S. The second-order valence-electron chi connectivity index (χ2n) is 4.89. The van der Waals surface area contributed by atoms with Gasteiger partial charge in [0.25, 0.3) is 17.3 Å². The van der Waals surface area contributed by atoms with E-state index in [0.29, 0.717) is 11.3 Å². The summed E-state index contributed by atoms with van der Waals surface area (Å²) in [6.45, 7) is 1.53. The minimum absolute atomic E-state index is 0.0992. The number of nitro benzene ring substituents is 2. The Bertz CT molecular complexity index is 884. The van der Waals surface area contributed by atoms with Crippen LogP contribution in [0.4, 0.5) is 17.1 Å². The fourth-order valence-corrected chi connectivity index (χ4v) is 2.31. The molecule has 0 radical (unpaired) electrons. The Morgan fingerprint density at radius 1 is 1.00 bits per heavy atom. The van der Waals surface area contributed by atoms with Crippen LogP contribution in [0, 0.1) is 27.2 Å². The first-order chi connectivity index (χ1) is 11.8. The van der Waals surface area contributed by atoms with Gasteiger partial charge < -0.3 is 5.32 Å². The van der Waals surface area contributed by atoms with Crippen molar-refractivity contribution in [3.05, 3.63) is 73.8 Å². The lowest BCUT2D eigenvalue weighted by atomic mass is 10.1. The number of nitro groups is 2. The summed E-state index contributed by atoms with van der Waals surface area (Å²) in [5.41, 5.74) is 0.0939. The Kier molecular flexibility index (Phi) is 5.35. The summed E-state index contributed by atoms with van der Waals surface area (Å²) in [5.74, 6) is -0.757. The highest BCUT2D eigenvalue weighted by molar-refractivity contribution is 7.80. The Labute approximate surface area is 147 Å². The topological polar surface area (TPSA) is 127 Å². The monoisotopic (exact) mass is 360 g/mol. The van der Waals surface area contributed by atoms with Crippen LogP contribution >= 0.6 is 12.2 Å². The van der Waals surface area contributed by atoms with Crippen LogP contribution in [0.15, 0.2) is 42.5 Å². The molecule has 0 spiro atoms. The number of carbonyl (C=O) groups is 1. The SMILES string of the molecule is Cc1c(NC(=S)NC(=O)c2ccccc2[N+](=O)[O-])cccc1[N+](=O)[O-]. The molecule has 128 valence electrons. The van der Waals surface area contributed by atoms with E-state index >= 15 is 0 Å². The zero-order valence-electron chi connectivity index (χ0n) is 12.9. The van der Waals surface area contributed by atoms with Gasteiger partial charge in [-0.15, -0.1) is 0 Å². The van der Waals surface area contributed by atoms with Crippen molar-refractivity contribution in [2.75, 3.05) is 5.32 Å². The molecule has 2 aromatic rings. The second kappa shape index (κ2) is 7.45. The number of rotatable bonds is 4. The van der Waals surface area contributed by atoms with Crippen LogP contribution in [0.3, 0.4) is 0 Å². The summed E-state index contributed by atoms with van der Waals surface area (Å²) in [6.07, 6.45) is 0. The van der Waals surface area contributed by atoms with Crippen molar-refractivity contribution >= 4 is 40.3 Å². The molecule has 0 fully saturated rings. The maximum Gasteiger partial charge on any atom is 0.282 e. The largest absolute Gasteiger partial charge is 0.332 e. The fraction of sp³-hybridized carbons (Fsp3) is 0.0667. The standard InChI is InChI=1S/C15H12N4O5S/c1-9-11(6-4-8-12(9)18(21)22)16-15(25)17-14(20)10-5-2-3-7-13(10)19(23)24/h2-8H,1H3,(H2,16,17,20,25). The van der Waals surface area contributed by atoms with Gasteiger partial charge in [-0.25, -0.2) is 0 Å². The van der Waals surface area contributed by atoms with Crippen LogP contribution in [0.25, 0.3) is 0 Å². The van der Waals surface area contributed by atoms with Crippen molar-refractivity contribution in [2.45, 2.75) is 6.92 Å². The number of benzene rings is 2. The highest BCUT2D eigenvalue weighted by Gasteiger charge is 2.20. The van der Waals surface area contributed by atoms with Crippen molar-refractivity contribution < 1.29 is 14.6 Å². The van der Waals surface area contributed by atoms with Gasteiger partial charge in [0.1, 0.15) is 5.56 Å². The van der Waals surface area contributed by atoms with Crippen molar-refractivity contribution in [3.63, 3.8) is 0 Å². The van der Waals surface area contributed by atoms with E-state index in [1.54, 1.807) is 6.07 Å². The summed E-state index contributed by atoms with van der Waals surface area (Å²) in [5, 5.41) is 26.8. The molecule has 2 aromatic carbocycles. The first kappa shape index (κ1) is 17.9. The number of hydrogen-bond donors (Lipinski definition) is 2. The van der Waals surface area contributed by atoms with Gasteiger partial charge in [0.2, 0.25) is 0 Å². The van der Waals surface area contributed by atoms with Gasteiger partial charge in [0.15, 0.2) is 5.11 Å². The predicted molar refractivity (Wildman–Crippen MR) is 94.6 cm³/mol. The van der Waals surface area contributed by atoms with Gasteiger partial charge in [0, 0.05) is 12.1 Å². The lowest BCUT2D eigenvalue weighted by molar-refractivity contribution is -0.385. The third-order valence-electron chi connectivity index (χ3n) is 3.32. The van der Waals surface area contributed by atoms with Crippen LogP contribution in [0.5, 0.6) is 0 Å². The van der Waals surface area contributed by atoms with Crippen molar-refractivity contribution in [2.24, 2.45) is 0 Å². The highest BCUT2D eigenvalue weighted by Crippen LogP contribution is 2.25. The summed E-state index contributed by atoms with van der Waals surface area (Å²) in [7, 11) is 0. The second-order valence-corrected chi connectivity index (χ2v) is 5.30. The summed E-state index contributed by atoms with van der Waals surface area (Å²) < 4.78 is 0. The van der Waals surface area contributed by atoms with Crippen LogP contribution < -0.4 is 10.6 Å². The van der Waals surface area contributed by atoms with Crippen LogP contribution in [0.2, 0.25) is 0 Å². The van der Waals surface area contributed by atoms with E-state index in [9.17, 15) is 25.0 Å². The Hall–Kier alpha value is -3.40. The van der Waals surface area contributed by atoms with Gasteiger partial charge in [-0.2, -0.15) is 0 Å². The Morgan fingerprint density at radius 3 is 2.24 bits per heavy atom. The molecule has 0 unspecified atom stereocenters. The Balaban J connectivity index is 2.16. The van der Waals surface area contributed by atoms with E-state index in [0.717, 1.165) is 0 Å². The van der Waals surface area contributed by atoms with Gasteiger partial charge in [0.05, 0.1) is 21.1 Å². The van der Waals surface area contributed by atoms with Crippen molar-refractivity contribution in [1.29, 1.82) is 0 Å². The number of carbonyl (C=O) groups excluding carboxylic acids is 1. The average molecular weight is 360 g/mol. The first-order valence-electron chi connectivity index (χ1n) is 6.91. The van der Waals surface area contributed by atoms with E-state index in [4.69, 9.17) is 12.2 Å². The molecule has 10 heteroatoms. The molecule has 0 aliphatic carbocycles. The molecule has 1 amide bonds. The molecule has 0 aliphatic heterocycles. The van der Waals surface area contributed by atoms with Gasteiger partial charge in [-0.1, -0.05) is 18.2 Å². The average Bonchev–Trinajstić information content (AvgIpc) is 2.56. The van der Waals surface area contributed by atoms with Crippen molar-refractivity contribution in [1.82, 2.24) is 5.32 Å². The molecule has 0 aliphatic rings. The summed E-state index contributed by atoms with van der Waals surface area (Å²) in [6, 6.07) is 9.81. The van der Waals surface area contributed by atoms with E-state index in [2.05, 4.69) is 10.6 Å². The molecule has 2 rings (SSSR count). The van der Waals surface area contributed by atoms with Gasteiger partial charge in [-0.05, 0) is 31.3 Å². The fourth-order valence-electron chi connectivity index (χ4n) is 2.11. The molecular weight excluding hydrogens is 348 g/mol. The highest BCUT2D eigenvalue weighted by atomic mass is 32.1. The molecule has 0 saturated carbocycles. The van der Waals surface area contributed by atoms with E-state index < -0.39 is 15.8 Å². The van der Waals surface area contributed by atoms with E-state index in [1.165, 1.54) is 43.3 Å². The molecule has 9 nitrogen and oxygen atoms in total. The molecule has 0 saturated heterocycles. The molecule has 0 aromatic heterocycles. The first-order valence-corrected chi connectivity index (χ1v) is 7.32. The van der Waals surface area contributed by atoms with Gasteiger partial charge >= 0.3 is 0 Å². The maximum absolute atomic E-state index is 12.2. The number of para-hydroxylation sites is 1. The molecule has 25 heavy (non-hydrogen) atoms. The van der Waals surface area contributed by atoms with E-state index in [-0.39, 0.29) is 22.1 Å². The third kappa shape index (κ3) is 4.12.